The van der Waals surface area contributed by atoms with Gasteiger partial charge in [0.15, 0.2) is 6.61 Å². The molecule has 1 aromatic carbocycles. The second-order valence-corrected chi connectivity index (χ2v) is 4.74. The summed E-state index contributed by atoms with van der Waals surface area (Å²) >= 11 is 0. The SMILES string of the molecule is O=C(CCOCC(F)(F)F)NCc1ccc(OCC(F)(F)F)cc1. The maximum absolute atomic E-state index is 12.0. The average Bonchev–Trinajstić information content (AvgIpc) is 2.47. The molecular formula is C14H15F6NO3. The van der Waals surface area contributed by atoms with E-state index in [0.29, 0.717) is 5.56 Å². The highest BCUT2D eigenvalue weighted by molar-refractivity contribution is 5.75. The minimum atomic E-state index is -4.44. The van der Waals surface area contributed by atoms with Crippen molar-refractivity contribution in [1.82, 2.24) is 5.32 Å². The van der Waals surface area contributed by atoms with E-state index < -0.39 is 31.5 Å². The first-order valence-electron chi connectivity index (χ1n) is 6.75. The molecule has 0 aliphatic heterocycles. The molecule has 0 unspecified atom stereocenters. The van der Waals surface area contributed by atoms with Gasteiger partial charge in [0.05, 0.1) is 6.61 Å². The predicted molar refractivity (Wildman–Crippen MR) is 71.3 cm³/mol. The first-order chi connectivity index (χ1) is 11.1. The van der Waals surface area contributed by atoms with E-state index >= 15 is 0 Å². The number of ether oxygens (including phenoxy) is 2. The number of amides is 1. The maximum Gasteiger partial charge on any atom is 0.422 e. The lowest BCUT2D eigenvalue weighted by Crippen LogP contribution is -2.25. The van der Waals surface area contributed by atoms with Gasteiger partial charge in [-0.3, -0.25) is 4.79 Å². The van der Waals surface area contributed by atoms with Crippen molar-refractivity contribution in [2.75, 3.05) is 19.8 Å². The second-order valence-electron chi connectivity index (χ2n) is 4.74. The highest BCUT2D eigenvalue weighted by Gasteiger charge is 2.28. The molecular weight excluding hydrogens is 344 g/mol. The van der Waals surface area contributed by atoms with Crippen LogP contribution in [-0.4, -0.2) is 38.1 Å². The molecule has 0 aromatic heterocycles. The molecule has 1 amide bonds. The van der Waals surface area contributed by atoms with Gasteiger partial charge in [-0.25, -0.2) is 0 Å². The van der Waals surface area contributed by atoms with Crippen LogP contribution in [0, 0.1) is 0 Å². The molecule has 24 heavy (non-hydrogen) atoms. The monoisotopic (exact) mass is 359 g/mol. The van der Waals surface area contributed by atoms with Crippen LogP contribution in [0.2, 0.25) is 0 Å². The Bertz CT molecular complexity index is 513. The van der Waals surface area contributed by atoms with Gasteiger partial charge in [0, 0.05) is 13.0 Å². The number of hydrogen-bond donors (Lipinski definition) is 1. The Kier molecular flexibility index (Phi) is 7.33. The summed E-state index contributed by atoms with van der Waals surface area (Å²) < 4.78 is 80.2. The quantitative estimate of drug-likeness (QED) is 0.573. The van der Waals surface area contributed by atoms with Crippen LogP contribution in [-0.2, 0) is 16.1 Å². The number of carbonyl (C=O) groups is 1. The lowest BCUT2D eigenvalue weighted by Gasteiger charge is -2.10. The van der Waals surface area contributed by atoms with E-state index in [9.17, 15) is 31.1 Å². The fraction of sp³-hybridized carbons (Fsp3) is 0.500. The van der Waals surface area contributed by atoms with Gasteiger partial charge in [-0.1, -0.05) is 12.1 Å². The molecule has 1 N–H and O–H groups in total. The first-order valence-corrected chi connectivity index (χ1v) is 6.75. The van der Waals surface area contributed by atoms with Crippen molar-refractivity contribution in [3.8, 4) is 5.75 Å². The number of halogens is 6. The molecule has 1 rings (SSSR count). The van der Waals surface area contributed by atoms with Gasteiger partial charge < -0.3 is 14.8 Å². The molecule has 0 radical (unpaired) electrons. The van der Waals surface area contributed by atoms with Crippen molar-refractivity contribution < 1.29 is 40.6 Å². The third-order valence-corrected chi connectivity index (χ3v) is 2.55. The zero-order valence-electron chi connectivity index (χ0n) is 12.3. The van der Waals surface area contributed by atoms with Crippen LogP contribution in [0.3, 0.4) is 0 Å². The smallest absolute Gasteiger partial charge is 0.422 e. The summed E-state index contributed by atoms with van der Waals surface area (Å²) in [6.45, 7) is -3.10. The fourth-order valence-electron chi connectivity index (χ4n) is 1.51. The van der Waals surface area contributed by atoms with E-state index in [-0.39, 0.29) is 25.3 Å². The van der Waals surface area contributed by atoms with E-state index in [4.69, 9.17) is 0 Å². The Balaban J connectivity index is 2.26. The minimum absolute atomic E-state index is 0.0305. The van der Waals surface area contributed by atoms with Crippen LogP contribution in [0.4, 0.5) is 26.3 Å². The average molecular weight is 359 g/mol. The summed E-state index contributed by atoms with van der Waals surface area (Å²) in [5.74, 6) is -0.475. The van der Waals surface area contributed by atoms with Gasteiger partial charge in [0.25, 0.3) is 0 Å². The molecule has 0 fully saturated rings. The van der Waals surface area contributed by atoms with Gasteiger partial charge in [-0.15, -0.1) is 0 Å². The largest absolute Gasteiger partial charge is 0.484 e. The van der Waals surface area contributed by atoms with Gasteiger partial charge in [0.1, 0.15) is 12.4 Å². The summed E-state index contributed by atoms with van der Waals surface area (Å²) in [7, 11) is 0. The Labute approximate surface area is 133 Å². The Morgan fingerprint density at radius 1 is 0.958 bits per heavy atom. The van der Waals surface area contributed by atoms with Crippen molar-refractivity contribution in [3.05, 3.63) is 29.8 Å². The molecule has 0 spiro atoms. The van der Waals surface area contributed by atoms with Gasteiger partial charge in [-0.2, -0.15) is 26.3 Å². The number of carbonyl (C=O) groups excluding carboxylic acids is 1. The van der Waals surface area contributed by atoms with E-state index in [0.717, 1.165) is 0 Å². The lowest BCUT2D eigenvalue weighted by molar-refractivity contribution is -0.174. The van der Waals surface area contributed by atoms with Crippen molar-refractivity contribution in [2.45, 2.75) is 25.3 Å². The molecule has 1 aromatic rings. The Morgan fingerprint density at radius 3 is 2.08 bits per heavy atom. The van der Waals surface area contributed by atoms with Crippen LogP contribution in [0.5, 0.6) is 5.75 Å². The van der Waals surface area contributed by atoms with E-state index in [1.807, 2.05) is 0 Å². The molecule has 10 heteroatoms. The van der Waals surface area contributed by atoms with E-state index in [1.54, 1.807) is 0 Å². The molecule has 0 atom stereocenters. The van der Waals surface area contributed by atoms with Crippen LogP contribution >= 0.6 is 0 Å². The number of benzene rings is 1. The third-order valence-electron chi connectivity index (χ3n) is 2.55. The summed E-state index contributed by atoms with van der Waals surface area (Å²) in [5.41, 5.74) is 0.596. The molecule has 0 bridgehead atoms. The van der Waals surface area contributed by atoms with Crippen molar-refractivity contribution in [2.24, 2.45) is 0 Å². The molecule has 0 saturated carbocycles. The van der Waals surface area contributed by atoms with Gasteiger partial charge in [-0.05, 0) is 17.7 Å². The zero-order valence-corrected chi connectivity index (χ0v) is 12.3. The number of alkyl halides is 6. The van der Waals surface area contributed by atoms with E-state index in [1.165, 1.54) is 24.3 Å². The minimum Gasteiger partial charge on any atom is -0.484 e. The topological polar surface area (TPSA) is 47.6 Å². The Hall–Kier alpha value is -1.97. The predicted octanol–water partition coefficient (Wildman–Crippen LogP) is 3.21. The zero-order chi connectivity index (χ0) is 18.2. The highest BCUT2D eigenvalue weighted by atomic mass is 19.4. The van der Waals surface area contributed by atoms with E-state index in [2.05, 4.69) is 14.8 Å². The second kappa shape index (κ2) is 8.76. The van der Waals surface area contributed by atoms with Crippen molar-refractivity contribution >= 4 is 5.91 Å². The molecule has 0 heterocycles. The van der Waals surface area contributed by atoms with Crippen LogP contribution in [0.1, 0.15) is 12.0 Å². The molecule has 0 saturated heterocycles. The number of nitrogens with one attached hydrogen (secondary N) is 1. The molecule has 4 nitrogen and oxygen atoms in total. The first kappa shape index (κ1) is 20.1. The number of hydrogen-bond acceptors (Lipinski definition) is 3. The summed E-state index contributed by atoms with van der Waals surface area (Å²) in [6.07, 6.45) is -9.10. The fourth-order valence-corrected chi connectivity index (χ4v) is 1.51. The van der Waals surface area contributed by atoms with Crippen LogP contribution in [0.15, 0.2) is 24.3 Å². The normalized spacial score (nSPS) is 12.1. The van der Waals surface area contributed by atoms with Crippen molar-refractivity contribution in [3.63, 3.8) is 0 Å². The highest BCUT2D eigenvalue weighted by Crippen LogP contribution is 2.19. The van der Waals surface area contributed by atoms with Crippen molar-refractivity contribution in [1.29, 1.82) is 0 Å². The third kappa shape index (κ3) is 9.93. The number of rotatable bonds is 8. The lowest BCUT2D eigenvalue weighted by atomic mass is 10.2. The summed E-state index contributed by atoms with van der Waals surface area (Å²) in [4.78, 5) is 11.4. The van der Waals surface area contributed by atoms with Gasteiger partial charge in [0.2, 0.25) is 5.91 Å². The molecule has 0 aliphatic rings. The Morgan fingerprint density at radius 2 is 1.54 bits per heavy atom. The van der Waals surface area contributed by atoms with Crippen LogP contribution in [0.25, 0.3) is 0 Å². The molecule has 136 valence electrons. The standard InChI is InChI=1S/C14H15F6NO3/c15-13(16,17)8-23-6-5-12(22)21-7-10-1-3-11(4-2-10)24-9-14(18,19)20/h1-4H,5-9H2,(H,21,22). The summed E-state index contributed by atoms with van der Waals surface area (Å²) in [6, 6.07) is 5.57. The van der Waals surface area contributed by atoms with Gasteiger partial charge >= 0.3 is 12.4 Å². The summed E-state index contributed by atoms with van der Waals surface area (Å²) in [5, 5.41) is 2.45. The maximum atomic E-state index is 12.0. The molecule has 0 aliphatic carbocycles. The van der Waals surface area contributed by atoms with Crippen LogP contribution < -0.4 is 10.1 Å².